The van der Waals surface area contributed by atoms with Crippen molar-refractivity contribution in [3.8, 4) is 0 Å². The predicted molar refractivity (Wildman–Crippen MR) is 106 cm³/mol. The quantitative estimate of drug-likeness (QED) is 0.508. The molecule has 0 fully saturated rings. The van der Waals surface area contributed by atoms with E-state index < -0.39 is 11.9 Å². The van der Waals surface area contributed by atoms with E-state index in [1.54, 1.807) is 36.5 Å². The SMILES string of the molecule is Cc1ccc2nc(COC(=O)c3ccc(NC(=O)c4ccco4)s3)cc(=O)n2c1. The van der Waals surface area contributed by atoms with E-state index in [9.17, 15) is 14.4 Å². The van der Waals surface area contributed by atoms with Crippen LogP contribution in [0.4, 0.5) is 5.00 Å². The molecule has 0 bridgehead atoms. The maximum atomic E-state index is 12.3. The number of carbonyl (C=O) groups is 2. The Morgan fingerprint density at radius 1 is 1.24 bits per heavy atom. The van der Waals surface area contributed by atoms with E-state index >= 15 is 0 Å². The molecule has 4 rings (SSSR count). The molecule has 0 aliphatic carbocycles. The van der Waals surface area contributed by atoms with Crippen LogP contribution in [0.1, 0.15) is 31.5 Å². The Labute approximate surface area is 168 Å². The smallest absolute Gasteiger partial charge is 0.348 e. The number of aryl methyl sites for hydroxylation is 1. The lowest BCUT2D eigenvalue weighted by molar-refractivity contribution is 0.0473. The first kappa shape index (κ1) is 18.6. The van der Waals surface area contributed by atoms with Crippen molar-refractivity contribution >= 4 is 33.9 Å². The molecule has 0 aliphatic heterocycles. The predicted octanol–water partition coefficient (Wildman–Crippen LogP) is 3.27. The Morgan fingerprint density at radius 2 is 2.10 bits per heavy atom. The van der Waals surface area contributed by atoms with E-state index in [2.05, 4.69) is 10.3 Å². The van der Waals surface area contributed by atoms with Crippen molar-refractivity contribution in [2.75, 3.05) is 5.32 Å². The molecule has 146 valence electrons. The van der Waals surface area contributed by atoms with E-state index in [1.165, 1.54) is 16.7 Å². The average molecular weight is 409 g/mol. The van der Waals surface area contributed by atoms with Crippen LogP contribution < -0.4 is 10.9 Å². The Balaban J connectivity index is 1.42. The number of hydrogen-bond donors (Lipinski definition) is 1. The molecule has 4 aromatic heterocycles. The van der Waals surface area contributed by atoms with Gasteiger partial charge in [0.15, 0.2) is 5.76 Å². The molecule has 4 aromatic rings. The molecule has 29 heavy (non-hydrogen) atoms. The lowest BCUT2D eigenvalue weighted by atomic mass is 10.3. The molecule has 9 heteroatoms. The largest absolute Gasteiger partial charge is 0.459 e. The summed E-state index contributed by atoms with van der Waals surface area (Å²) in [5, 5.41) is 3.13. The maximum absolute atomic E-state index is 12.3. The Morgan fingerprint density at radius 3 is 2.90 bits per heavy atom. The van der Waals surface area contributed by atoms with Gasteiger partial charge in [0.25, 0.3) is 11.5 Å². The van der Waals surface area contributed by atoms with Crippen LogP contribution in [0.5, 0.6) is 0 Å². The number of aromatic nitrogens is 2. The number of amides is 1. The molecular formula is C20H15N3O5S. The number of furan rings is 1. The molecule has 1 N–H and O–H groups in total. The van der Waals surface area contributed by atoms with Crippen molar-refractivity contribution in [2.24, 2.45) is 0 Å². The third kappa shape index (κ3) is 4.09. The van der Waals surface area contributed by atoms with E-state index in [1.807, 2.05) is 13.0 Å². The number of ether oxygens (including phenoxy) is 1. The summed E-state index contributed by atoms with van der Waals surface area (Å²) in [6, 6.07) is 11.2. The maximum Gasteiger partial charge on any atom is 0.348 e. The van der Waals surface area contributed by atoms with E-state index in [4.69, 9.17) is 9.15 Å². The highest BCUT2D eigenvalue weighted by atomic mass is 32.1. The normalized spacial score (nSPS) is 10.8. The zero-order valence-corrected chi connectivity index (χ0v) is 16.1. The van der Waals surface area contributed by atoms with Gasteiger partial charge in [-0.1, -0.05) is 6.07 Å². The lowest BCUT2D eigenvalue weighted by Gasteiger charge is -2.06. The summed E-state index contributed by atoms with van der Waals surface area (Å²) in [5.74, 6) is -0.807. The fourth-order valence-corrected chi connectivity index (χ4v) is 3.43. The number of nitrogens with zero attached hydrogens (tertiary/aromatic N) is 2. The Hall–Kier alpha value is -3.72. The first-order valence-corrected chi connectivity index (χ1v) is 9.42. The highest BCUT2D eigenvalue weighted by Gasteiger charge is 2.15. The number of anilines is 1. The summed E-state index contributed by atoms with van der Waals surface area (Å²) < 4.78 is 11.7. The van der Waals surface area contributed by atoms with Gasteiger partial charge in [0.1, 0.15) is 17.1 Å². The van der Waals surface area contributed by atoms with Crippen LogP contribution in [-0.2, 0) is 11.3 Å². The van der Waals surface area contributed by atoms with Crippen LogP contribution in [0.25, 0.3) is 5.65 Å². The van der Waals surface area contributed by atoms with Crippen LogP contribution in [-0.4, -0.2) is 21.3 Å². The van der Waals surface area contributed by atoms with Crippen LogP contribution in [0.2, 0.25) is 0 Å². The van der Waals surface area contributed by atoms with Gasteiger partial charge in [-0.05, 0) is 42.8 Å². The molecule has 4 heterocycles. The molecule has 0 unspecified atom stereocenters. The van der Waals surface area contributed by atoms with Crippen LogP contribution in [0, 0.1) is 6.92 Å². The Kier molecular flexibility index (Phi) is 4.96. The molecule has 0 aromatic carbocycles. The number of nitrogens with one attached hydrogen (secondary N) is 1. The third-order valence-electron chi connectivity index (χ3n) is 4.00. The molecule has 1 amide bonds. The van der Waals surface area contributed by atoms with E-state index in [0.717, 1.165) is 16.9 Å². The number of thiophene rings is 1. The summed E-state index contributed by atoms with van der Waals surface area (Å²) in [4.78, 5) is 41.1. The van der Waals surface area contributed by atoms with Crippen molar-refractivity contribution in [3.63, 3.8) is 0 Å². The number of pyridine rings is 1. The Bertz CT molecular complexity index is 1260. The molecule has 0 radical (unpaired) electrons. The average Bonchev–Trinajstić information content (AvgIpc) is 3.39. The summed E-state index contributed by atoms with van der Waals surface area (Å²) in [6.07, 6.45) is 3.10. The van der Waals surface area contributed by atoms with Gasteiger partial charge in [0.05, 0.1) is 17.0 Å². The fraction of sp³-hybridized carbons (Fsp3) is 0.100. The van der Waals surface area contributed by atoms with Gasteiger partial charge in [-0.15, -0.1) is 11.3 Å². The van der Waals surface area contributed by atoms with Crippen LogP contribution >= 0.6 is 11.3 Å². The number of esters is 1. The van der Waals surface area contributed by atoms with Crippen molar-refractivity contribution in [3.05, 3.63) is 87.2 Å². The van der Waals surface area contributed by atoms with Crippen molar-refractivity contribution in [1.29, 1.82) is 0 Å². The molecule has 0 atom stereocenters. The number of carbonyl (C=O) groups excluding carboxylic acids is 2. The number of hydrogen-bond acceptors (Lipinski definition) is 7. The van der Waals surface area contributed by atoms with Crippen molar-refractivity contribution < 1.29 is 18.7 Å². The van der Waals surface area contributed by atoms with Gasteiger partial charge in [-0.2, -0.15) is 0 Å². The first-order chi connectivity index (χ1) is 14.0. The van der Waals surface area contributed by atoms with Gasteiger partial charge < -0.3 is 14.5 Å². The van der Waals surface area contributed by atoms with E-state index in [-0.39, 0.29) is 17.9 Å². The first-order valence-electron chi connectivity index (χ1n) is 8.60. The second-order valence-electron chi connectivity index (χ2n) is 6.19. The fourth-order valence-electron chi connectivity index (χ4n) is 2.64. The monoisotopic (exact) mass is 409 g/mol. The lowest BCUT2D eigenvalue weighted by Crippen LogP contribution is -2.16. The van der Waals surface area contributed by atoms with Crippen LogP contribution in [0.3, 0.4) is 0 Å². The van der Waals surface area contributed by atoms with E-state index in [0.29, 0.717) is 21.2 Å². The molecule has 0 saturated carbocycles. The van der Waals surface area contributed by atoms with Gasteiger partial charge >= 0.3 is 5.97 Å². The van der Waals surface area contributed by atoms with Gasteiger partial charge in [-0.25, -0.2) is 9.78 Å². The van der Waals surface area contributed by atoms with Crippen molar-refractivity contribution in [2.45, 2.75) is 13.5 Å². The third-order valence-corrected chi connectivity index (χ3v) is 4.98. The second kappa shape index (κ2) is 7.72. The molecule has 0 aliphatic rings. The van der Waals surface area contributed by atoms with Crippen LogP contribution in [0.15, 0.2) is 64.1 Å². The zero-order valence-electron chi connectivity index (χ0n) is 15.2. The summed E-state index contributed by atoms with van der Waals surface area (Å²) in [5.41, 5.74) is 1.53. The van der Waals surface area contributed by atoms with Gasteiger partial charge in [-0.3, -0.25) is 14.0 Å². The summed E-state index contributed by atoms with van der Waals surface area (Å²) in [7, 11) is 0. The highest BCUT2D eigenvalue weighted by molar-refractivity contribution is 7.18. The molecular weight excluding hydrogens is 394 g/mol. The standard InChI is InChI=1S/C20H15N3O5S/c1-12-4-6-16-21-13(9-18(24)23(16)10-12)11-28-20(26)15-5-7-17(29-15)22-19(25)14-3-2-8-27-14/h2-10H,11H2,1H3,(H,22,25). The minimum atomic E-state index is -0.570. The molecule has 0 spiro atoms. The summed E-state index contributed by atoms with van der Waals surface area (Å²) in [6.45, 7) is 1.75. The zero-order chi connectivity index (χ0) is 20.4. The minimum Gasteiger partial charge on any atom is -0.459 e. The topological polar surface area (TPSA) is 103 Å². The summed E-state index contributed by atoms with van der Waals surface area (Å²) >= 11 is 1.07. The minimum absolute atomic E-state index is 0.134. The second-order valence-corrected chi connectivity index (χ2v) is 7.28. The highest BCUT2D eigenvalue weighted by Crippen LogP contribution is 2.23. The molecule has 8 nitrogen and oxygen atoms in total. The van der Waals surface area contributed by atoms with Crippen molar-refractivity contribution in [1.82, 2.24) is 9.38 Å². The number of rotatable bonds is 5. The van der Waals surface area contributed by atoms with Gasteiger partial charge in [0, 0.05) is 12.3 Å². The number of fused-ring (bicyclic) bond motifs is 1. The molecule has 0 saturated heterocycles. The van der Waals surface area contributed by atoms with Gasteiger partial charge in [0.2, 0.25) is 0 Å².